The van der Waals surface area contributed by atoms with E-state index in [1.54, 1.807) is 23.8 Å². The lowest BCUT2D eigenvalue weighted by atomic mass is 10.2. The molecule has 3 aromatic rings. The summed E-state index contributed by atoms with van der Waals surface area (Å²) in [4.78, 5) is 25.7. The van der Waals surface area contributed by atoms with E-state index in [9.17, 15) is 4.79 Å². The molecule has 1 saturated heterocycles. The number of rotatable bonds is 7. The highest BCUT2D eigenvalue weighted by Gasteiger charge is 2.28. The predicted molar refractivity (Wildman–Crippen MR) is 131 cm³/mol. The molecule has 3 aromatic heterocycles. The van der Waals surface area contributed by atoms with Gasteiger partial charge in [0.2, 0.25) is 5.88 Å². The van der Waals surface area contributed by atoms with Crippen molar-refractivity contribution in [2.45, 2.75) is 44.9 Å². The molecule has 1 amide bonds. The van der Waals surface area contributed by atoms with Crippen LogP contribution in [0.1, 0.15) is 41.9 Å². The maximum absolute atomic E-state index is 13.2. The standard InChI is InChI=1S/C23H29N7O3S/c1-13-10-29(11-14(2)32-13)23(31)19-6-16(12-34-19)18-8-21(27-17-4-5-17)30-22(28-18)15(9-26-30)7-20(24)33-25-3/h6-9,12-14,17,25,27H,4-5,10-11,24H2,1-3H3/b20-7+. The summed E-state index contributed by atoms with van der Waals surface area (Å²) in [7, 11) is 1.64. The van der Waals surface area contributed by atoms with Crippen LogP contribution in [0.25, 0.3) is 23.0 Å². The number of hydroxylamine groups is 1. The molecule has 4 N–H and O–H groups in total. The Morgan fingerprint density at radius 2 is 2.06 bits per heavy atom. The van der Waals surface area contributed by atoms with Crippen molar-refractivity contribution in [1.29, 1.82) is 0 Å². The van der Waals surface area contributed by atoms with Gasteiger partial charge in [0.25, 0.3) is 5.91 Å². The van der Waals surface area contributed by atoms with Gasteiger partial charge in [-0.2, -0.15) is 15.1 Å². The molecule has 11 heteroatoms. The number of hydrogen-bond acceptors (Lipinski definition) is 9. The molecule has 1 aliphatic heterocycles. The van der Waals surface area contributed by atoms with Gasteiger partial charge in [0.1, 0.15) is 5.82 Å². The molecule has 5 rings (SSSR count). The smallest absolute Gasteiger partial charge is 0.264 e. The van der Waals surface area contributed by atoms with Crippen LogP contribution in [0.3, 0.4) is 0 Å². The lowest BCUT2D eigenvalue weighted by molar-refractivity contribution is -0.0585. The van der Waals surface area contributed by atoms with Crippen LogP contribution in [0.5, 0.6) is 0 Å². The molecule has 4 heterocycles. The molecule has 2 unspecified atom stereocenters. The van der Waals surface area contributed by atoms with Crippen molar-refractivity contribution in [2.75, 3.05) is 25.5 Å². The number of morpholine rings is 1. The SMILES string of the molecule is CNO/C(N)=C/c1cnn2c(NC3CC3)cc(-c3csc(C(=O)N4CC(C)OC(C)C4)c3)nc12. The van der Waals surface area contributed by atoms with Gasteiger partial charge < -0.3 is 25.5 Å². The number of fused-ring (bicyclic) bond motifs is 1. The normalized spacial score (nSPS) is 21.1. The summed E-state index contributed by atoms with van der Waals surface area (Å²) in [6.45, 7) is 5.18. The van der Waals surface area contributed by atoms with Crippen LogP contribution in [0.2, 0.25) is 0 Å². The van der Waals surface area contributed by atoms with Crippen molar-refractivity contribution >= 4 is 34.8 Å². The van der Waals surface area contributed by atoms with Gasteiger partial charge in [-0.1, -0.05) is 0 Å². The number of nitrogens with zero attached hydrogens (tertiary/aromatic N) is 4. The first-order valence-corrected chi connectivity index (χ1v) is 12.3. The number of thiophene rings is 1. The number of nitrogens with one attached hydrogen (secondary N) is 2. The zero-order valence-corrected chi connectivity index (χ0v) is 20.3. The molecule has 2 aliphatic rings. The maximum Gasteiger partial charge on any atom is 0.264 e. The highest BCUT2D eigenvalue weighted by molar-refractivity contribution is 7.12. The van der Waals surface area contributed by atoms with Crippen molar-refractivity contribution in [3.63, 3.8) is 0 Å². The van der Waals surface area contributed by atoms with E-state index >= 15 is 0 Å². The van der Waals surface area contributed by atoms with E-state index in [0.717, 1.165) is 35.5 Å². The average molecular weight is 484 g/mol. The van der Waals surface area contributed by atoms with Gasteiger partial charge in [-0.25, -0.2) is 4.98 Å². The van der Waals surface area contributed by atoms with E-state index in [0.29, 0.717) is 29.7 Å². The molecule has 0 bridgehead atoms. The second-order valence-electron chi connectivity index (χ2n) is 8.80. The van der Waals surface area contributed by atoms with Crippen LogP contribution in [0.4, 0.5) is 5.82 Å². The number of amides is 1. The number of carbonyl (C=O) groups is 1. The quantitative estimate of drug-likeness (QED) is 0.347. The monoisotopic (exact) mass is 483 g/mol. The highest BCUT2D eigenvalue weighted by Crippen LogP contribution is 2.31. The van der Waals surface area contributed by atoms with E-state index < -0.39 is 0 Å². The van der Waals surface area contributed by atoms with E-state index in [4.69, 9.17) is 20.3 Å². The van der Waals surface area contributed by atoms with Crippen molar-refractivity contribution in [1.82, 2.24) is 25.0 Å². The summed E-state index contributed by atoms with van der Waals surface area (Å²) < 4.78 is 7.54. The molecular formula is C23H29N7O3S. The zero-order valence-electron chi connectivity index (χ0n) is 19.4. The summed E-state index contributed by atoms with van der Waals surface area (Å²) >= 11 is 1.43. The first kappa shape index (κ1) is 22.6. The van der Waals surface area contributed by atoms with Gasteiger partial charge in [-0.05, 0) is 32.8 Å². The Morgan fingerprint density at radius 3 is 2.76 bits per heavy atom. The Morgan fingerprint density at radius 1 is 1.29 bits per heavy atom. The van der Waals surface area contributed by atoms with Crippen LogP contribution in [-0.2, 0) is 9.57 Å². The zero-order chi connectivity index (χ0) is 23.8. The minimum absolute atomic E-state index is 0.0277. The number of anilines is 1. The van der Waals surface area contributed by atoms with Crippen LogP contribution < -0.4 is 16.5 Å². The van der Waals surface area contributed by atoms with Crippen LogP contribution >= 0.6 is 11.3 Å². The molecule has 0 spiro atoms. The molecule has 0 radical (unpaired) electrons. The summed E-state index contributed by atoms with van der Waals surface area (Å²) in [6, 6.07) is 4.33. The molecular weight excluding hydrogens is 454 g/mol. The fourth-order valence-corrected chi connectivity index (χ4v) is 5.02. The van der Waals surface area contributed by atoms with E-state index in [2.05, 4.69) is 15.9 Å². The molecule has 1 saturated carbocycles. The first-order chi connectivity index (χ1) is 16.4. The van der Waals surface area contributed by atoms with Crippen LogP contribution in [0, 0.1) is 0 Å². The van der Waals surface area contributed by atoms with Crippen LogP contribution in [-0.4, -0.2) is 63.8 Å². The predicted octanol–water partition coefficient (Wildman–Crippen LogP) is 2.69. The van der Waals surface area contributed by atoms with Crippen molar-refractivity contribution in [3.05, 3.63) is 40.0 Å². The number of carbonyl (C=O) groups excluding carboxylic acids is 1. The number of aromatic nitrogens is 3. The second-order valence-corrected chi connectivity index (χ2v) is 9.71. The number of nitrogens with two attached hydrogens (primary N) is 1. The third-order valence-corrected chi connectivity index (χ3v) is 6.68. The Hall–Kier alpha value is -3.15. The molecule has 2 atom stereocenters. The first-order valence-electron chi connectivity index (χ1n) is 11.4. The molecule has 10 nitrogen and oxygen atoms in total. The van der Waals surface area contributed by atoms with Gasteiger partial charge in [0.05, 0.1) is 29.0 Å². The minimum atomic E-state index is 0.0277. The average Bonchev–Trinajstić information content (AvgIpc) is 3.31. The lowest BCUT2D eigenvalue weighted by Gasteiger charge is -2.35. The van der Waals surface area contributed by atoms with E-state index in [1.807, 2.05) is 36.3 Å². The van der Waals surface area contributed by atoms with Crippen LogP contribution in [0.15, 0.2) is 29.6 Å². The third-order valence-electron chi connectivity index (χ3n) is 5.76. The molecule has 34 heavy (non-hydrogen) atoms. The van der Waals surface area contributed by atoms with Crippen molar-refractivity contribution in [2.24, 2.45) is 5.73 Å². The number of ether oxygens (including phenoxy) is 1. The van der Waals surface area contributed by atoms with Gasteiger partial charge in [0, 0.05) is 54.8 Å². The Kier molecular flexibility index (Phi) is 6.15. The van der Waals surface area contributed by atoms with E-state index in [1.165, 1.54) is 11.3 Å². The van der Waals surface area contributed by atoms with E-state index in [-0.39, 0.29) is 24.0 Å². The Balaban J connectivity index is 1.49. The topological polar surface area (TPSA) is 119 Å². The lowest BCUT2D eigenvalue weighted by Crippen LogP contribution is -2.48. The third kappa shape index (κ3) is 4.72. The van der Waals surface area contributed by atoms with Gasteiger partial charge in [-0.15, -0.1) is 11.3 Å². The molecule has 0 aromatic carbocycles. The largest absolute Gasteiger partial charge is 0.391 e. The Bertz CT molecular complexity index is 1220. The summed E-state index contributed by atoms with van der Waals surface area (Å²) in [6.07, 6.45) is 5.70. The second kappa shape index (κ2) is 9.24. The van der Waals surface area contributed by atoms with Gasteiger partial charge in [-0.3, -0.25) is 4.79 Å². The fourth-order valence-electron chi connectivity index (χ4n) is 4.15. The maximum atomic E-state index is 13.2. The fraction of sp³-hybridized carbons (Fsp3) is 0.435. The van der Waals surface area contributed by atoms with Crippen molar-refractivity contribution in [3.8, 4) is 11.3 Å². The van der Waals surface area contributed by atoms with Gasteiger partial charge in [0.15, 0.2) is 5.65 Å². The Labute approximate surface area is 201 Å². The molecule has 2 fully saturated rings. The molecule has 180 valence electrons. The number of hydrogen-bond donors (Lipinski definition) is 3. The van der Waals surface area contributed by atoms with Gasteiger partial charge >= 0.3 is 0 Å². The summed E-state index contributed by atoms with van der Waals surface area (Å²) in [5.41, 5.74) is 11.5. The molecule has 1 aliphatic carbocycles. The minimum Gasteiger partial charge on any atom is -0.391 e. The highest BCUT2D eigenvalue weighted by atomic mass is 32.1. The summed E-state index contributed by atoms with van der Waals surface area (Å²) in [5.74, 6) is 1.09. The van der Waals surface area contributed by atoms with Crippen molar-refractivity contribution < 1.29 is 14.4 Å². The summed E-state index contributed by atoms with van der Waals surface area (Å²) in [5, 5.41) is 10.0.